The van der Waals surface area contributed by atoms with Crippen LogP contribution in [0.25, 0.3) is 11.6 Å². The monoisotopic (exact) mass is 572 g/mol. The van der Waals surface area contributed by atoms with E-state index in [9.17, 15) is 9.59 Å². The number of alkyl carbamates (subject to hydrolysis) is 1. The molecule has 10 nitrogen and oxygen atoms in total. The maximum Gasteiger partial charge on any atom is 0.410 e. The molecule has 0 saturated carbocycles. The lowest BCUT2D eigenvalue weighted by Gasteiger charge is -2.39. The van der Waals surface area contributed by atoms with Gasteiger partial charge in [0.15, 0.2) is 0 Å². The molecule has 1 fully saturated rings. The van der Waals surface area contributed by atoms with Crippen molar-refractivity contribution < 1.29 is 19.1 Å². The quantitative estimate of drug-likeness (QED) is 0.438. The first-order chi connectivity index (χ1) is 20.1. The van der Waals surface area contributed by atoms with Gasteiger partial charge in [0.1, 0.15) is 0 Å². The second-order valence-electron chi connectivity index (χ2n) is 11.5. The number of imidazole rings is 1. The lowest BCUT2D eigenvalue weighted by atomic mass is 9.88. The first-order valence-electron chi connectivity index (χ1n) is 14.5. The normalized spacial score (nSPS) is 17.7. The van der Waals surface area contributed by atoms with Gasteiger partial charge in [-0.2, -0.15) is 0 Å². The Bertz CT molecular complexity index is 1470. The van der Waals surface area contributed by atoms with E-state index in [0.717, 1.165) is 39.2 Å². The average molecular weight is 573 g/mol. The average Bonchev–Trinajstić information content (AvgIpc) is 3.31. The van der Waals surface area contributed by atoms with Crippen molar-refractivity contribution in [1.29, 1.82) is 0 Å². The van der Waals surface area contributed by atoms with E-state index in [1.807, 2.05) is 51.6 Å². The molecular weight excluding hydrogens is 532 g/mol. The fourth-order valence-corrected chi connectivity index (χ4v) is 5.70. The van der Waals surface area contributed by atoms with Gasteiger partial charge in [-0.15, -0.1) is 0 Å². The van der Waals surface area contributed by atoms with Crippen LogP contribution >= 0.6 is 0 Å². The first kappa shape index (κ1) is 29.3. The molecule has 1 unspecified atom stereocenters. The molecule has 42 heavy (non-hydrogen) atoms. The Labute approximate surface area is 247 Å². The van der Waals surface area contributed by atoms with Crippen LogP contribution in [0.2, 0.25) is 0 Å². The van der Waals surface area contributed by atoms with Crippen molar-refractivity contribution in [3.8, 4) is 0 Å². The van der Waals surface area contributed by atoms with Gasteiger partial charge in [-0.1, -0.05) is 29.8 Å². The lowest BCUT2D eigenvalue weighted by Crippen LogP contribution is -2.50. The van der Waals surface area contributed by atoms with Gasteiger partial charge in [0.2, 0.25) is 0 Å². The fraction of sp³-hybridized carbons (Fsp3) is 0.438. The number of carbonyl (C=O) groups excluding carboxylic acids is 2. The van der Waals surface area contributed by atoms with Crippen LogP contribution in [0.3, 0.4) is 0 Å². The summed E-state index contributed by atoms with van der Waals surface area (Å²) in [6.45, 7) is 11.9. The SMILES string of the molecule is Cc1ccc2c(c1)C(C(NC(=O)OC(C)C)c1cncn1C)=Cc1cccnc1[C@H]2N1CCN(C(=O)OC(C)C)CC1. The minimum atomic E-state index is -0.529. The highest BCUT2D eigenvalue weighted by Crippen LogP contribution is 2.43. The van der Waals surface area contributed by atoms with Crippen LogP contribution in [0.5, 0.6) is 0 Å². The number of aryl methyl sites for hydroxylation is 2. The summed E-state index contributed by atoms with van der Waals surface area (Å²) in [5.74, 6) is 0. The second-order valence-corrected chi connectivity index (χ2v) is 11.5. The van der Waals surface area contributed by atoms with E-state index in [2.05, 4.69) is 52.5 Å². The van der Waals surface area contributed by atoms with Gasteiger partial charge < -0.3 is 24.3 Å². The van der Waals surface area contributed by atoms with Crippen molar-refractivity contribution in [3.05, 3.63) is 82.7 Å². The fourth-order valence-electron chi connectivity index (χ4n) is 5.70. The third kappa shape index (κ3) is 6.18. The maximum atomic E-state index is 13.0. The van der Waals surface area contributed by atoms with Crippen LogP contribution in [-0.2, 0) is 16.5 Å². The van der Waals surface area contributed by atoms with Gasteiger partial charge in [-0.25, -0.2) is 14.6 Å². The molecule has 5 rings (SSSR count). The zero-order chi connectivity index (χ0) is 30.0. The molecule has 1 saturated heterocycles. The topological polar surface area (TPSA) is 102 Å². The van der Waals surface area contributed by atoms with E-state index in [1.165, 1.54) is 0 Å². The Hall–Kier alpha value is -4.18. The third-order valence-corrected chi connectivity index (χ3v) is 7.60. The van der Waals surface area contributed by atoms with Gasteiger partial charge in [-0.05, 0) is 69.0 Å². The molecule has 0 radical (unpaired) electrons. The molecule has 222 valence electrons. The number of fused-ring (bicyclic) bond motifs is 2. The van der Waals surface area contributed by atoms with E-state index >= 15 is 0 Å². The van der Waals surface area contributed by atoms with Crippen LogP contribution in [0.4, 0.5) is 9.59 Å². The summed E-state index contributed by atoms with van der Waals surface area (Å²) in [6, 6.07) is 9.78. The number of nitrogens with one attached hydrogen (secondary N) is 1. The first-order valence-corrected chi connectivity index (χ1v) is 14.5. The van der Waals surface area contributed by atoms with Gasteiger partial charge >= 0.3 is 12.2 Å². The molecule has 2 aromatic heterocycles. The molecule has 2 atom stereocenters. The number of carbonyl (C=O) groups is 2. The van der Waals surface area contributed by atoms with E-state index in [0.29, 0.717) is 26.2 Å². The molecule has 0 bridgehead atoms. The number of benzene rings is 1. The van der Waals surface area contributed by atoms with Crippen molar-refractivity contribution >= 4 is 23.8 Å². The number of amides is 2. The molecule has 0 spiro atoms. The molecule has 3 aromatic rings. The van der Waals surface area contributed by atoms with E-state index < -0.39 is 12.1 Å². The van der Waals surface area contributed by atoms with Crippen molar-refractivity contribution in [2.45, 2.75) is 58.9 Å². The number of pyridine rings is 1. The Morgan fingerprint density at radius 2 is 1.76 bits per heavy atom. The highest BCUT2D eigenvalue weighted by Gasteiger charge is 2.36. The zero-order valence-electron chi connectivity index (χ0n) is 25.2. The minimum Gasteiger partial charge on any atom is -0.447 e. The summed E-state index contributed by atoms with van der Waals surface area (Å²) >= 11 is 0. The summed E-state index contributed by atoms with van der Waals surface area (Å²) in [6.07, 6.45) is 6.26. The van der Waals surface area contributed by atoms with Crippen LogP contribution in [0.1, 0.15) is 73.4 Å². The van der Waals surface area contributed by atoms with Gasteiger partial charge in [0.05, 0.1) is 48.2 Å². The highest BCUT2D eigenvalue weighted by molar-refractivity contribution is 5.90. The van der Waals surface area contributed by atoms with E-state index in [4.69, 9.17) is 14.5 Å². The predicted octanol–water partition coefficient (Wildman–Crippen LogP) is 5.11. The summed E-state index contributed by atoms with van der Waals surface area (Å²) in [5.41, 5.74) is 6.88. The molecule has 1 aliphatic carbocycles. The second kappa shape index (κ2) is 12.4. The summed E-state index contributed by atoms with van der Waals surface area (Å²) in [5, 5.41) is 3.13. The molecule has 3 heterocycles. The molecule has 2 aliphatic rings. The molecule has 1 N–H and O–H groups in total. The highest BCUT2D eigenvalue weighted by atomic mass is 16.6. The number of nitrogens with zero attached hydrogens (tertiary/aromatic N) is 5. The Kier molecular flexibility index (Phi) is 8.63. The van der Waals surface area contributed by atoms with E-state index in [1.54, 1.807) is 17.4 Å². The van der Waals surface area contributed by atoms with Crippen LogP contribution in [-0.4, -0.2) is 74.9 Å². The minimum absolute atomic E-state index is 0.149. The molecular formula is C32H40N6O4. The number of rotatable bonds is 6. The van der Waals surface area contributed by atoms with Crippen molar-refractivity contribution in [1.82, 2.24) is 29.7 Å². The smallest absolute Gasteiger partial charge is 0.410 e. The largest absolute Gasteiger partial charge is 0.447 e. The lowest BCUT2D eigenvalue weighted by molar-refractivity contribution is 0.0513. The summed E-state index contributed by atoms with van der Waals surface area (Å²) in [7, 11) is 1.92. The van der Waals surface area contributed by atoms with E-state index in [-0.39, 0.29) is 24.3 Å². The van der Waals surface area contributed by atoms with Gasteiger partial charge in [0.25, 0.3) is 0 Å². The van der Waals surface area contributed by atoms with Crippen LogP contribution in [0, 0.1) is 6.92 Å². The number of aromatic nitrogens is 3. The Balaban J connectivity index is 1.59. The van der Waals surface area contributed by atoms with Crippen LogP contribution in [0.15, 0.2) is 49.1 Å². The number of hydrogen-bond donors (Lipinski definition) is 1. The van der Waals surface area contributed by atoms with Crippen molar-refractivity contribution in [3.63, 3.8) is 0 Å². The maximum absolute atomic E-state index is 13.0. The summed E-state index contributed by atoms with van der Waals surface area (Å²) < 4.78 is 12.9. The van der Waals surface area contributed by atoms with Crippen molar-refractivity contribution in [2.24, 2.45) is 7.05 Å². The molecule has 2 amide bonds. The molecule has 1 aliphatic heterocycles. The number of ether oxygens (including phenoxy) is 2. The van der Waals surface area contributed by atoms with Crippen molar-refractivity contribution in [2.75, 3.05) is 26.2 Å². The predicted molar refractivity (Wildman–Crippen MR) is 161 cm³/mol. The standard InChI is InChI=1S/C32H40N6O4/c1-20(2)41-31(39)35-29(27-18-33-19-36(27)6)26-17-23-8-7-11-34-28(23)30(24-10-9-22(5)16-25(24)26)37-12-14-38(15-13-37)32(40)42-21(3)4/h7-11,16-21,29-30H,12-15H2,1-6H3,(H,35,39)/t29?,30-/m0/s1. The summed E-state index contributed by atoms with van der Waals surface area (Å²) in [4.78, 5) is 39.1. The number of piperazine rings is 1. The van der Waals surface area contributed by atoms with Crippen LogP contribution < -0.4 is 5.32 Å². The molecule has 10 heteroatoms. The number of hydrogen-bond acceptors (Lipinski definition) is 7. The zero-order valence-corrected chi connectivity index (χ0v) is 25.2. The Morgan fingerprint density at radius 1 is 1.02 bits per heavy atom. The molecule has 1 aromatic carbocycles. The third-order valence-electron chi connectivity index (χ3n) is 7.60. The van der Waals surface area contributed by atoms with Gasteiger partial charge in [0, 0.05) is 39.4 Å². The Morgan fingerprint density at radius 3 is 2.43 bits per heavy atom. The van der Waals surface area contributed by atoms with Gasteiger partial charge in [-0.3, -0.25) is 9.88 Å².